The van der Waals surface area contributed by atoms with Gasteiger partial charge in [0, 0.05) is 44.5 Å². The van der Waals surface area contributed by atoms with Gasteiger partial charge < -0.3 is 20.5 Å². The zero-order valence-corrected chi connectivity index (χ0v) is 13.9. The Hall–Kier alpha value is -1.98. The molecule has 1 rings (SSSR count). The van der Waals surface area contributed by atoms with E-state index in [0.29, 0.717) is 13.0 Å². The fraction of sp³-hybridized carbons (Fsp3) is 0.625. The molecule has 0 saturated heterocycles. The van der Waals surface area contributed by atoms with Crippen molar-refractivity contribution in [1.82, 2.24) is 20.5 Å². The molecule has 3 N–H and O–H groups in total. The zero-order valence-electron chi connectivity index (χ0n) is 13.9. The van der Waals surface area contributed by atoms with E-state index in [1.54, 1.807) is 0 Å². The lowest BCUT2D eigenvalue weighted by Crippen LogP contribution is -2.39. The van der Waals surface area contributed by atoms with E-state index in [0.717, 1.165) is 32.0 Å². The van der Waals surface area contributed by atoms with Gasteiger partial charge in [-0.25, -0.2) is 0 Å². The second-order valence-electron chi connectivity index (χ2n) is 5.24. The monoisotopic (exact) mass is 307 g/mol. The smallest absolute Gasteiger partial charge is 0.222 e. The van der Waals surface area contributed by atoms with Crippen LogP contribution in [0.5, 0.6) is 0 Å². The molecule has 0 fully saturated rings. The average molecular weight is 307 g/mol. The van der Waals surface area contributed by atoms with E-state index in [1.807, 2.05) is 38.4 Å². The number of hydrogen-bond acceptors (Lipinski definition) is 2. The first-order chi connectivity index (χ1) is 10.7. The van der Waals surface area contributed by atoms with Crippen molar-refractivity contribution in [2.45, 2.75) is 46.2 Å². The SMILES string of the molecule is CCNC(=NCCC(=O)NC(C)CC)NCCn1cccc1. The summed E-state index contributed by atoms with van der Waals surface area (Å²) in [4.78, 5) is 16.1. The van der Waals surface area contributed by atoms with Crippen LogP contribution >= 0.6 is 0 Å². The largest absolute Gasteiger partial charge is 0.357 e. The third-order valence-electron chi connectivity index (χ3n) is 3.30. The van der Waals surface area contributed by atoms with Crippen molar-refractivity contribution in [1.29, 1.82) is 0 Å². The number of aliphatic imine (C=N–C) groups is 1. The maximum absolute atomic E-state index is 11.7. The number of nitrogens with zero attached hydrogens (tertiary/aromatic N) is 2. The van der Waals surface area contributed by atoms with E-state index in [2.05, 4.69) is 32.4 Å². The molecule has 1 aromatic rings. The Kier molecular flexibility index (Phi) is 8.79. The Morgan fingerprint density at radius 3 is 2.59 bits per heavy atom. The second-order valence-corrected chi connectivity index (χ2v) is 5.24. The van der Waals surface area contributed by atoms with Crippen LogP contribution in [0.3, 0.4) is 0 Å². The van der Waals surface area contributed by atoms with Gasteiger partial charge in [-0.2, -0.15) is 0 Å². The first-order valence-corrected chi connectivity index (χ1v) is 8.08. The van der Waals surface area contributed by atoms with Crippen LogP contribution in [0, 0.1) is 0 Å². The molecule has 0 saturated carbocycles. The van der Waals surface area contributed by atoms with E-state index < -0.39 is 0 Å². The van der Waals surface area contributed by atoms with Crippen LogP contribution < -0.4 is 16.0 Å². The number of carbonyl (C=O) groups is 1. The van der Waals surface area contributed by atoms with Gasteiger partial charge in [-0.3, -0.25) is 9.79 Å². The summed E-state index contributed by atoms with van der Waals surface area (Å²) in [5, 5.41) is 9.40. The summed E-state index contributed by atoms with van der Waals surface area (Å²) >= 11 is 0. The number of rotatable bonds is 9. The average Bonchev–Trinajstić information content (AvgIpc) is 3.00. The molecule has 1 aromatic heterocycles. The van der Waals surface area contributed by atoms with Crippen molar-refractivity contribution in [2.24, 2.45) is 4.99 Å². The minimum atomic E-state index is 0.0567. The fourth-order valence-corrected chi connectivity index (χ4v) is 1.88. The van der Waals surface area contributed by atoms with E-state index in [4.69, 9.17) is 0 Å². The van der Waals surface area contributed by atoms with Crippen LogP contribution in [0.25, 0.3) is 0 Å². The van der Waals surface area contributed by atoms with Crippen molar-refractivity contribution < 1.29 is 4.79 Å². The van der Waals surface area contributed by atoms with Crippen LogP contribution in [0.15, 0.2) is 29.5 Å². The second kappa shape index (κ2) is 10.7. The highest BCUT2D eigenvalue weighted by molar-refractivity contribution is 5.80. The third-order valence-corrected chi connectivity index (χ3v) is 3.30. The Balaban J connectivity index is 2.30. The van der Waals surface area contributed by atoms with Crippen LogP contribution in [0.1, 0.15) is 33.6 Å². The molecular formula is C16H29N5O. The lowest BCUT2D eigenvalue weighted by Gasteiger charge is -2.12. The van der Waals surface area contributed by atoms with Gasteiger partial charge in [0.05, 0.1) is 6.54 Å². The molecule has 0 spiro atoms. The number of carbonyl (C=O) groups excluding carboxylic acids is 1. The first kappa shape index (κ1) is 18.1. The Morgan fingerprint density at radius 1 is 1.23 bits per heavy atom. The summed E-state index contributed by atoms with van der Waals surface area (Å²) in [6.07, 6.45) is 5.42. The van der Waals surface area contributed by atoms with Crippen molar-refractivity contribution in [3.63, 3.8) is 0 Å². The summed E-state index contributed by atoms with van der Waals surface area (Å²) in [7, 11) is 0. The molecule has 6 nitrogen and oxygen atoms in total. The molecule has 0 aliphatic carbocycles. The molecule has 124 valence electrons. The Labute approximate surface area is 133 Å². The zero-order chi connectivity index (χ0) is 16.2. The van der Waals surface area contributed by atoms with E-state index in [-0.39, 0.29) is 11.9 Å². The predicted molar refractivity (Wildman–Crippen MR) is 90.9 cm³/mol. The highest BCUT2D eigenvalue weighted by Crippen LogP contribution is 1.91. The fourth-order valence-electron chi connectivity index (χ4n) is 1.88. The normalized spacial score (nSPS) is 12.8. The number of guanidine groups is 1. The maximum atomic E-state index is 11.7. The summed E-state index contributed by atoms with van der Waals surface area (Å²) in [5.41, 5.74) is 0. The minimum absolute atomic E-state index is 0.0567. The molecule has 22 heavy (non-hydrogen) atoms. The standard InChI is InChI=1S/C16H29N5O/c1-4-14(3)20-15(22)8-9-18-16(17-5-2)19-10-13-21-11-6-7-12-21/h6-7,11-12,14H,4-5,8-10,13H2,1-3H3,(H,20,22)(H2,17,18,19). The van der Waals surface area contributed by atoms with Crippen LogP contribution in [0.2, 0.25) is 0 Å². The molecule has 1 atom stereocenters. The van der Waals surface area contributed by atoms with Crippen LogP contribution in [-0.2, 0) is 11.3 Å². The van der Waals surface area contributed by atoms with Gasteiger partial charge in [-0.1, -0.05) is 6.92 Å². The van der Waals surface area contributed by atoms with Crippen LogP contribution in [0.4, 0.5) is 0 Å². The predicted octanol–water partition coefficient (Wildman–Crippen LogP) is 1.35. The molecule has 0 aliphatic rings. The number of amides is 1. The van der Waals surface area contributed by atoms with E-state index >= 15 is 0 Å². The topological polar surface area (TPSA) is 70.4 Å². The highest BCUT2D eigenvalue weighted by atomic mass is 16.1. The molecule has 1 unspecified atom stereocenters. The number of hydrogen-bond donors (Lipinski definition) is 3. The van der Waals surface area contributed by atoms with Crippen molar-refractivity contribution >= 4 is 11.9 Å². The summed E-state index contributed by atoms with van der Waals surface area (Å²) < 4.78 is 2.11. The number of nitrogens with one attached hydrogen (secondary N) is 3. The molecule has 1 heterocycles. The van der Waals surface area contributed by atoms with Gasteiger partial charge in [-0.15, -0.1) is 0 Å². The molecular weight excluding hydrogens is 278 g/mol. The number of aromatic nitrogens is 1. The Morgan fingerprint density at radius 2 is 1.95 bits per heavy atom. The molecule has 0 bridgehead atoms. The van der Waals surface area contributed by atoms with Gasteiger partial charge in [0.2, 0.25) is 5.91 Å². The quantitative estimate of drug-likeness (QED) is 0.476. The minimum Gasteiger partial charge on any atom is -0.357 e. The lowest BCUT2D eigenvalue weighted by molar-refractivity contribution is -0.121. The molecule has 0 aliphatic heterocycles. The summed E-state index contributed by atoms with van der Waals surface area (Å²) in [6, 6.07) is 4.24. The van der Waals surface area contributed by atoms with Gasteiger partial charge >= 0.3 is 0 Å². The van der Waals surface area contributed by atoms with E-state index in [9.17, 15) is 4.79 Å². The van der Waals surface area contributed by atoms with Gasteiger partial charge in [0.15, 0.2) is 5.96 Å². The van der Waals surface area contributed by atoms with Crippen molar-refractivity contribution in [2.75, 3.05) is 19.6 Å². The highest BCUT2D eigenvalue weighted by Gasteiger charge is 2.05. The van der Waals surface area contributed by atoms with E-state index in [1.165, 1.54) is 0 Å². The van der Waals surface area contributed by atoms with Gasteiger partial charge in [0.25, 0.3) is 0 Å². The maximum Gasteiger partial charge on any atom is 0.222 e. The summed E-state index contributed by atoms with van der Waals surface area (Å²) in [6.45, 7) is 9.05. The van der Waals surface area contributed by atoms with Gasteiger partial charge in [-0.05, 0) is 32.4 Å². The lowest BCUT2D eigenvalue weighted by atomic mass is 10.2. The van der Waals surface area contributed by atoms with Gasteiger partial charge in [0.1, 0.15) is 0 Å². The third kappa shape index (κ3) is 7.71. The van der Waals surface area contributed by atoms with Crippen molar-refractivity contribution in [3.8, 4) is 0 Å². The van der Waals surface area contributed by atoms with Crippen LogP contribution in [-0.4, -0.2) is 42.1 Å². The summed E-state index contributed by atoms with van der Waals surface area (Å²) in [5.74, 6) is 0.812. The Bertz CT molecular complexity index is 441. The van der Waals surface area contributed by atoms with Crippen molar-refractivity contribution in [3.05, 3.63) is 24.5 Å². The molecule has 0 aromatic carbocycles. The first-order valence-electron chi connectivity index (χ1n) is 8.08. The molecule has 0 radical (unpaired) electrons. The molecule has 6 heteroatoms. The molecule has 1 amide bonds.